The maximum Gasteiger partial charge on any atom is 0.104 e. The molecule has 1 N–H and O–H groups in total. The van der Waals surface area contributed by atoms with E-state index < -0.39 is 0 Å². The molecule has 1 aromatic carbocycles. The fraction of sp³-hybridized carbons (Fsp3) is 0.500. The smallest absolute Gasteiger partial charge is 0.104 e. The number of benzene rings is 1. The molecule has 0 atom stereocenters. The van der Waals surface area contributed by atoms with Gasteiger partial charge in [-0.25, -0.2) is 0 Å². The predicted octanol–water partition coefficient (Wildman–Crippen LogP) is 3.99. The van der Waals surface area contributed by atoms with Crippen molar-refractivity contribution in [2.24, 2.45) is 4.99 Å². The number of ether oxygens (including phenoxy) is 1. The van der Waals surface area contributed by atoms with Crippen molar-refractivity contribution in [3.63, 3.8) is 0 Å². The number of nitrogens with one attached hydrogen (secondary N) is 1. The van der Waals surface area contributed by atoms with Gasteiger partial charge in [0.1, 0.15) is 5.84 Å². The molecule has 0 aliphatic rings. The second-order valence-electron chi connectivity index (χ2n) is 5.08. The number of para-hydroxylation sites is 1. The lowest BCUT2D eigenvalue weighted by molar-refractivity contribution is 0.207. The molecule has 0 amide bonds. The van der Waals surface area contributed by atoms with Gasteiger partial charge in [0.05, 0.1) is 22.9 Å². The number of halogens is 1. The number of rotatable bonds is 4. The fourth-order valence-electron chi connectivity index (χ4n) is 1.47. The summed E-state index contributed by atoms with van der Waals surface area (Å²) in [5.74, 6) is 0.887. The third kappa shape index (κ3) is 5.52. The summed E-state index contributed by atoms with van der Waals surface area (Å²) in [6.45, 7) is 6.82. The normalized spacial score (nSPS) is 12.6. The van der Waals surface area contributed by atoms with Crippen LogP contribution in [0.4, 0.5) is 5.69 Å². The number of nitrogens with zero attached hydrogens (tertiary/aromatic N) is 1. The van der Waals surface area contributed by atoms with Crippen molar-refractivity contribution < 1.29 is 4.74 Å². The van der Waals surface area contributed by atoms with E-state index in [0.717, 1.165) is 17.9 Å². The standard InChI is InChI=1S/C14H21ClN2O/c1-14(2,3)17-13(9-10-18-4)16-12-8-6-5-7-11(12)15/h5-8H,9-10H2,1-4H3,(H,16,17). The molecule has 0 saturated heterocycles. The van der Waals surface area contributed by atoms with Crippen LogP contribution in [0.1, 0.15) is 27.2 Å². The van der Waals surface area contributed by atoms with Gasteiger partial charge in [-0.05, 0) is 32.9 Å². The maximum atomic E-state index is 6.12. The molecule has 0 aliphatic heterocycles. The van der Waals surface area contributed by atoms with Crippen LogP contribution in [0.3, 0.4) is 0 Å². The summed E-state index contributed by atoms with van der Waals surface area (Å²) in [5, 5.41) is 3.97. The molecular weight excluding hydrogens is 248 g/mol. The van der Waals surface area contributed by atoms with E-state index in [-0.39, 0.29) is 5.54 Å². The Bertz CT molecular complexity index is 411. The highest BCUT2D eigenvalue weighted by Crippen LogP contribution is 2.21. The van der Waals surface area contributed by atoms with E-state index in [9.17, 15) is 0 Å². The van der Waals surface area contributed by atoms with Crippen molar-refractivity contribution in [2.75, 3.05) is 19.0 Å². The fourth-order valence-corrected chi connectivity index (χ4v) is 1.65. The number of amidine groups is 1. The Labute approximate surface area is 114 Å². The minimum atomic E-state index is -0.128. The molecule has 0 spiro atoms. The molecule has 0 fully saturated rings. The van der Waals surface area contributed by atoms with Crippen LogP contribution in [0.5, 0.6) is 0 Å². The number of anilines is 1. The average Bonchev–Trinajstić information content (AvgIpc) is 2.27. The Morgan fingerprint density at radius 1 is 1.33 bits per heavy atom. The van der Waals surface area contributed by atoms with Gasteiger partial charge in [0.2, 0.25) is 0 Å². The van der Waals surface area contributed by atoms with Gasteiger partial charge in [-0.15, -0.1) is 0 Å². The van der Waals surface area contributed by atoms with Crippen LogP contribution >= 0.6 is 11.6 Å². The Morgan fingerprint density at radius 3 is 2.56 bits per heavy atom. The third-order valence-corrected chi connectivity index (χ3v) is 2.50. The Kier molecular flexibility index (Phi) is 5.63. The van der Waals surface area contributed by atoms with Crippen LogP contribution in [0.15, 0.2) is 29.3 Å². The Balaban J connectivity index is 2.85. The molecule has 0 aromatic heterocycles. The molecule has 3 nitrogen and oxygen atoms in total. The van der Waals surface area contributed by atoms with E-state index in [4.69, 9.17) is 16.3 Å². The molecule has 0 saturated carbocycles. The summed E-state index contributed by atoms with van der Waals surface area (Å²) < 4.78 is 5.10. The van der Waals surface area contributed by atoms with Crippen molar-refractivity contribution in [1.29, 1.82) is 0 Å². The van der Waals surface area contributed by atoms with Crippen molar-refractivity contribution in [1.82, 2.24) is 0 Å². The van der Waals surface area contributed by atoms with Crippen molar-refractivity contribution in [2.45, 2.75) is 32.7 Å². The lowest BCUT2D eigenvalue weighted by atomic mass is 10.1. The molecule has 1 rings (SSSR count). The quantitative estimate of drug-likeness (QED) is 0.662. The van der Waals surface area contributed by atoms with Crippen molar-refractivity contribution in [3.8, 4) is 0 Å². The van der Waals surface area contributed by atoms with Gasteiger partial charge < -0.3 is 10.1 Å². The molecule has 0 radical (unpaired) electrons. The first-order valence-electron chi connectivity index (χ1n) is 6.01. The van der Waals surface area contributed by atoms with Gasteiger partial charge in [-0.2, -0.15) is 0 Å². The monoisotopic (exact) mass is 268 g/mol. The highest BCUT2D eigenvalue weighted by atomic mass is 35.5. The van der Waals surface area contributed by atoms with Crippen LogP contribution in [-0.2, 0) is 4.74 Å². The topological polar surface area (TPSA) is 33.6 Å². The zero-order valence-electron chi connectivity index (χ0n) is 11.5. The number of hydrogen-bond acceptors (Lipinski definition) is 2. The number of methoxy groups -OCH3 is 1. The van der Waals surface area contributed by atoms with Crippen LogP contribution in [-0.4, -0.2) is 25.1 Å². The van der Waals surface area contributed by atoms with Crippen molar-refractivity contribution >= 4 is 23.1 Å². The summed E-state index contributed by atoms with van der Waals surface area (Å²) in [6.07, 6.45) is 0.735. The van der Waals surface area contributed by atoms with E-state index in [0.29, 0.717) is 11.6 Å². The third-order valence-electron chi connectivity index (χ3n) is 2.17. The second kappa shape index (κ2) is 6.76. The van der Waals surface area contributed by atoms with Gasteiger partial charge >= 0.3 is 0 Å². The first-order chi connectivity index (χ1) is 8.42. The van der Waals surface area contributed by atoms with E-state index in [1.807, 2.05) is 24.3 Å². The van der Waals surface area contributed by atoms with Gasteiger partial charge in [0.15, 0.2) is 0 Å². The highest BCUT2D eigenvalue weighted by Gasteiger charge is 2.11. The Morgan fingerprint density at radius 2 is 2.00 bits per heavy atom. The summed E-state index contributed by atoms with van der Waals surface area (Å²) in [5.41, 5.74) is 0.746. The van der Waals surface area contributed by atoms with Gasteiger partial charge in [-0.3, -0.25) is 4.99 Å². The molecule has 1 aromatic rings. The van der Waals surface area contributed by atoms with Gasteiger partial charge in [0, 0.05) is 13.5 Å². The maximum absolute atomic E-state index is 6.12. The van der Waals surface area contributed by atoms with Crippen LogP contribution in [0, 0.1) is 0 Å². The van der Waals surface area contributed by atoms with Gasteiger partial charge in [0.25, 0.3) is 0 Å². The Hall–Kier alpha value is -1.06. The summed E-state index contributed by atoms with van der Waals surface area (Å²) in [4.78, 5) is 4.65. The van der Waals surface area contributed by atoms with Gasteiger partial charge in [-0.1, -0.05) is 23.7 Å². The molecule has 0 aliphatic carbocycles. The minimum absolute atomic E-state index is 0.128. The highest BCUT2D eigenvalue weighted by molar-refractivity contribution is 6.33. The first-order valence-corrected chi connectivity index (χ1v) is 6.39. The van der Waals surface area contributed by atoms with Crippen LogP contribution in [0.25, 0.3) is 0 Å². The minimum Gasteiger partial charge on any atom is -0.384 e. The predicted molar refractivity (Wildman–Crippen MR) is 78.8 cm³/mol. The summed E-state index contributed by atoms with van der Waals surface area (Å²) in [7, 11) is 1.68. The van der Waals surface area contributed by atoms with Crippen LogP contribution < -0.4 is 5.32 Å². The SMILES string of the molecule is COCCC(=NC(C)(C)C)Nc1ccccc1Cl. The van der Waals surface area contributed by atoms with E-state index in [1.54, 1.807) is 7.11 Å². The lowest BCUT2D eigenvalue weighted by Gasteiger charge is -2.18. The first kappa shape index (κ1) is 15.0. The zero-order valence-corrected chi connectivity index (χ0v) is 12.2. The molecule has 100 valence electrons. The summed E-state index contributed by atoms with van der Waals surface area (Å²) in [6, 6.07) is 7.64. The molecular formula is C14H21ClN2O. The summed E-state index contributed by atoms with van der Waals surface area (Å²) >= 11 is 6.12. The average molecular weight is 269 g/mol. The molecule has 0 bridgehead atoms. The molecule has 0 unspecified atom stereocenters. The van der Waals surface area contributed by atoms with Crippen molar-refractivity contribution in [3.05, 3.63) is 29.3 Å². The largest absolute Gasteiger partial charge is 0.384 e. The zero-order chi connectivity index (χ0) is 13.6. The van der Waals surface area contributed by atoms with Crippen LogP contribution in [0.2, 0.25) is 5.02 Å². The second-order valence-corrected chi connectivity index (χ2v) is 5.48. The molecule has 18 heavy (non-hydrogen) atoms. The number of aliphatic imine (C=N–C) groups is 1. The number of hydrogen-bond donors (Lipinski definition) is 1. The molecule has 4 heteroatoms. The van der Waals surface area contributed by atoms with E-state index >= 15 is 0 Å². The molecule has 0 heterocycles. The van der Waals surface area contributed by atoms with E-state index in [1.165, 1.54) is 0 Å². The lowest BCUT2D eigenvalue weighted by Crippen LogP contribution is -2.21. The van der Waals surface area contributed by atoms with E-state index in [2.05, 4.69) is 31.1 Å².